The molecule has 0 saturated heterocycles. The van der Waals surface area contributed by atoms with Crippen LogP contribution >= 0.6 is 0 Å². The molecule has 0 fully saturated rings. The fourth-order valence-electron chi connectivity index (χ4n) is 1.83. The molecule has 3 heteroatoms. The van der Waals surface area contributed by atoms with Gasteiger partial charge in [0.1, 0.15) is 17.2 Å². The van der Waals surface area contributed by atoms with Crippen LogP contribution in [0.25, 0.3) is 0 Å². The average molecular weight is 216 g/mol. The summed E-state index contributed by atoms with van der Waals surface area (Å²) in [7, 11) is 0.958. The molecule has 1 nitrogen and oxygen atoms in total. The summed E-state index contributed by atoms with van der Waals surface area (Å²) in [4.78, 5) is 0. The topological polar surface area (TPSA) is 3.24 Å². The molecule has 0 N–H and O–H groups in total. The van der Waals surface area contributed by atoms with Crippen LogP contribution in [0.5, 0.6) is 0 Å². The van der Waals surface area contributed by atoms with Crippen molar-refractivity contribution in [1.29, 1.82) is 0 Å². The lowest BCUT2D eigenvalue weighted by atomic mass is 10.5. The maximum atomic E-state index is 2.74. The smallest absolute Gasteiger partial charge is 0.134 e. The van der Waals surface area contributed by atoms with E-state index in [4.69, 9.17) is 0 Å². The lowest BCUT2D eigenvalue weighted by Crippen LogP contribution is -2.54. The molecule has 0 bridgehead atoms. The molecular formula is C10H26NSi2. The van der Waals surface area contributed by atoms with Gasteiger partial charge in [0.15, 0.2) is 0 Å². The Morgan fingerprint density at radius 3 is 1.31 bits per heavy atom. The minimum atomic E-state index is -1.07. The third-order valence-corrected chi connectivity index (χ3v) is 10.5. The fraction of sp³-hybridized carbons (Fsp3) is 1.00. The van der Waals surface area contributed by atoms with Gasteiger partial charge in [0.05, 0.1) is 0 Å². The summed E-state index contributed by atoms with van der Waals surface area (Å²) in [5.74, 6) is 0. The van der Waals surface area contributed by atoms with E-state index in [9.17, 15) is 0 Å². The summed E-state index contributed by atoms with van der Waals surface area (Å²) in [5.41, 5.74) is 1.73. The highest BCUT2D eigenvalue weighted by atomic mass is 28.4. The maximum absolute atomic E-state index is 2.74. The molecule has 0 aromatic rings. The van der Waals surface area contributed by atoms with Crippen molar-refractivity contribution in [2.24, 2.45) is 0 Å². The van der Waals surface area contributed by atoms with Crippen LogP contribution < -0.4 is 0 Å². The molecule has 0 aromatic heterocycles. The molecule has 13 heavy (non-hydrogen) atoms. The molecular weight excluding hydrogens is 190 g/mol. The van der Waals surface area contributed by atoms with Crippen LogP contribution in [-0.4, -0.2) is 28.5 Å². The number of rotatable bonds is 4. The minimum absolute atomic E-state index is 0.319. The SMILES string of the molecule is CC(C)[Si](C(C)C)N(C)[Si](C)(C)C. The zero-order valence-corrected chi connectivity index (χ0v) is 12.6. The van der Waals surface area contributed by atoms with Gasteiger partial charge in [-0.15, -0.1) is 0 Å². The Hall–Kier alpha value is 0.394. The van der Waals surface area contributed by atoms with Gasteiger partial charge in [0.25, 0.3) is 0 Å². The van der Waals surface area contributed by atoms with Crippen molar-refractivity contribution in [3.8, 4) is 0 Å². The monoisotopic (exact) mass is 216 g/mol. The summed E-state index contributed by atoms with van der Waals surface area (Å²) in [6.45, 7) is 16.9. The van der Waals surface area contributed by atoms with E-state index in [0.717, 1.165) is 11.1 Å². The summed E-state index contributed by atoms with van der Waals surface area (Å²) in [6, 6.07) is 0. The van der Waals surface area contributed by atoms with Crippen LogP contribution in [0.3, 0.4) is 0 Å². The lowest BCUT2D eigenvalue weighted by Gasteiger charge is -2.40. The van der Waals surface area contributed by atoms with Gasteiger partial charge in [-0.3, -0.25) is 0 Å². The Kier molecular flexibility index (Phi) is 4.90. The molecule has 79 valence electrons. The van der Waals surface area contributed by atoms with Gasteiger partial charge < -0.3 is 4.23 Å². The van der Waals surface area contributed by atoms with E-state index in [1.54, 1.807) is 0 Å². The number of hydrogen-bond donors (Lipinski definition) is 0. The average Bonchev–Trinajstić information content (AvgIpc) is 1.82. The zero-order valence-electron chi connectivity index (χ0n) is 10.6. The predicted octanol–water partition coefficient (Wildman–Crippen LogP) is 3.56. The Morgan fingerprint density at radius 2 is 1.23 bits per heavy atom. The first-order valence-electron chi connectivity index (χ1n) is 5.28. The normalized spacial score (nSPS) is 13.8. The highest BCUT2D eigenvalue weighted by molar-refractivity contribution is 6.83. The Bertz CT molecular complexity index is 141. The minimum Gasteiger partial charge on any atom is -0.349 e. The Labute approximate surface area is 87.3 Å². The van der Waals surface area contributed by atoms with Crippen molar-refractivity contribution < 1.29 is 0 Å². The van der Waals surface area contributed by atoms with E-state index in [-0.39, 0.29) is 8.96 Å². The van der Waals surface area contributed by atoms with Crippen LogP contribution in [0.4, 0.5) is 0 Å². The molecule has 0 saturated carbocycles. The maximum Gasteiger partial charge on any atom is 0.134 e. The van der Waals surface area contributed by atoms with Crippen molar-refractivity contribution in [2.45, 2.75) is 58.4 Å². The largest absolute Gasteiger partial charge is 0.349 e. The van der Waals surface area contributed by atoms with Gasteiger partial charge >= 0.3 is 0 Å². The van der Waals surface area contributed by atoms with Crippen LogP contribution in [-0.2, 0) is 0 Å². The molecule has 0 aromatic carbocycles. The molecule has 0 aliphatic heterocycles. The van der Waals surface area contributed by atoms with E-state index in [0.29, 0.717) is 0 Å². The number of hydrogen-bond acceptors (Lipinski definition) is 1. The van der Waals surface area contributed by atoms with E-state index in [2.05, 4.69) is 58.6 Å². The molecule has 0 amide bonds. The molecule has 1 radical (unpaired) electrons. The molecule has 0 aliphatic rings. The standard InChI is InChI=1S/C10H26NSi2/c1-9(2)12(10(3)4)11(5)13(6,7)8/h9-10H,1-8H3. The second-order valence-corrected chi connectivity index (χ2v) is 14.8. The summed E-state index contributed by atoms with van der Waals surface area (Å²) in [6.07, 6.45) is 0. The van der Waals surface area contributed by atoms with E-state index in [1.807, 2.05) is 0 Å². The first-order valence-corrected chi connectivity index (χ1v) is 10.3. The van der Waals surface area contributed by atoms with Crippen LogP contribution in [0.2, 0.25) is 30.7 Å². The highest BCUT2D eigenvalue weighted by Crippen LogP contribution is 2.25. The first-order chi connectivity index (χ1) is 5.68. The second-order valence-electron chi connectivity index (χ2n) is 5.46. The second kappa shape index (κ2) is 4.76. The summed E-state index contributed by atoms with van der Waals surface area (Å²) < 4.78 is 2.74. The van der Waals surface area contributed by atoms with Crippen molar-refractivity contribution in [3.05, 3.63) is 0 Å². The first kappa shape index (κ1) is 13.4. The summed E-state index contributed by atoms with van der Waals surface area (Å²) in [5, 5.41) is 0. The van der Waals surface area contributed by atoms with Crippen LogP contribution in [0.15, 0.2) is 0 Å². The van der Waals surface area contributed by atoms with Crippen molar-refractivity contribution >= 4 is 17.2 Å². The van der Waals surface area contributed by atoms with Gasteiger partial charge in [-0.25, -0.2) is 0 Å². The van der Waals surface area contributed by atoms with Crippen LogP contribution in [0.1, 0.15) is 27.7 Å². The quantitative estimate of drug-likeness (QED) is 0.650. The van der Waals surface area contributed by atoms with Gasteiger partial charge in [-0.2, -0.15) is 0 Å². The molecule has 0 aliphatic carbocycles. The molecule has 0 unspecified atom stereocenters. The third kappa shape index (κ3) is 3.96. The van der Waals surface area contributed by atoms with Crippen LogP contribution in [0, 0.1) is 0 Å². The van der Waals surface area contributed by atoms with E-state index >= 15 is 0 Å². The third-order valence-electron chi connectivity index (χ3n) is 2.58. The van der Waals surface area contributed by atoms with Gasteiger partial charge in [0.2, 0.25) is 0 Å². The molecule has 0 atom stereocenters. The molecule has 0 spiro atoms. The highest BCUT2D eigenvalue weighted by Gasteiger charge is 2.32. The molecule has 0 heterocycles. The molecule has 0 rings (SSSR count). The van der Waals surface area contributed by atoms with E-state index < -0.39 is 8.24 Å². The predicted molar refractivity (Wildman–Crippen MR) is 67.1 cm³/mol. The lowest BCUT2D eigenvalue weighted by molar-refractivity contribution is 0.707. The van der Waals surface area contributed by atoms with Crippen molar-refractivity contribution in [1.82, 2.24) is 4.23 Å². The van der Waals surface area contributed by atoms with Gasteiger partial charge in [-0.05, 0) is 18.1 Å². The zero-order chi connectivity index (χ0) is 10.8. The van der Waals surface area contributed by atoms with Crippen molar-refractivity contribution in [3.63, 3.8) is 0 Å². The van der Waals surface area contributed by atoms with Crippen molar-refractivity contribution in [2.75, 3.05) is 7.05 Å². The fourth-order valence-corrected chi connectivity index (χ4v) is 9.36. The van der Waals surface area contributed by atoms with E-state index in [1.165, 1.54) is 0 Å². The Balaban J connectivity index is 4.56. The Morgan fingerprint density at radius 1 is 0.923 bits per heavy atom. The van der Waals surface area contributed by atoms with Gasteiger partial charge in [-0.1, -0.05) is 47.3 Å². The summed E-state index contributed by atoms with van der Waals surface area (Å²) >= 11 is 0. The van der Waals surface area contributed by atoms with Gasteiger partial charge in [0, 0.05) is 0 Å². The number of nitrogens with zero attached hydrogens (tertiary/aromatic N) is 1.